The van der Waals surface area contributed by atoms with Crippen LogP contribution in [0.5, 0.6) is 0 Å². The second-order valence-electron chi connectivity index (χ2n) is 5.38. The summed E-state index contributed by atoms with van der Waals surface area (Å²) in [7, 11) is 2.18. The zero-order valence-corrected chi connectivity index (χ0v) is 15.1. The number of halogens is 1. The van der Waals surface area contributed by atoms with Crippen molar-refractivity contribution < 1.29 is 0 Å². The Bertz CT molecular complexity index is 553. The fourth-order valence-corrected chi connectivity index (χ4v) is 3.57. The quantitative estimate of drug-likeness (QED) is 0.684. The van der Waals surface area contributed by atoms with Crippen LogP contribution in [0.1, 0.15) is 30.0 Å². The number of nitrogens with zero attached hydrogens (tertiary/aromatic N) is 1. The maximum Gasteiger partial charge on any atom is 0.0701 e. The lowest BCUT2D eigenvalue weighted by molar-refractivity contribution is 0.318. The second kappa shape index (κ2) is 8.69. The van der Waals surface area contributed by atoms with Gasteiger partial charge in [-0.25, -0.2) is 0 Å². The van der Waals surface area contributed by atoms with Gasteiger partial charge in [0.05, 0.1) is 3.79 Å². The molecule has 0 aliphatic heterocycles. The first kappa shape index (κ1) is 16.7. The summed E-state index contributed by atoms with van der Waals surface area (Å²) in [6.45, 7) is 6.21. The van der Waals surface area contributed by atoms with E-state index in [2.05, 4.69) is 75.8 Å². The third kappa shape index (κ3) is 5.55. The molecule has 1 aromatic heterocycles. The number of nitrogens with one attached hydrogen (secondary N) is 1. The van der Waals surface area contributed by atoms with Crippen molar-refractivity contribution in [3.05, 3.63) is 56.2 Å². The minimum Gasteiger partial charge on any atom is -0.313 e. The van der Waals surface area contributed by atoms with E-state index in [1.807, 2.05) is 0 Å². The van der Waals surface area contributed by atoms with Crippen molar-refractivity contribution in [3.63, 3.8) is 0 Å². The van der Waals surface area contributed by atoms with Crippen LogP contribution in [0.15, 0.2) is 39.5 Å². The van der Waals surface area contributed by atoms with E-state index in [0.29, 0.717) is 0 Å². The molecular formula is C17H23BrN2S. The number of hydrogen-bond acceptors (Lipinski definition) is 3. The summed E-state index contributed by atoms with van der Waals surface area (Å²) in [6, 6.07) is 10.9. The SMILES string of the molecule is CCCNCc1ccccc1CN(C)Cc1csc(Br)c1. The van der Waals surface area contributed by atoms with Crippen molar-refractivity contribution in [1.29, 1.82) is 0 Å². The van der Waals surface area contributed by atoms with Gasteiger partial charge in [0.1, 0.15) is 0 Å². The van der Waals surface area contributed by atoms with Crippen LogP contribution < -0.4 is 5.32 Å². The number of benzene rings is 1. The Morgan fingerprint density at radius 3 is 2.62 bits per heavy atom. The molecule has 0 radical (unpaired) electrons. The van der Waals surface area contributed by atoms with Gasteiger partial charge >= 0.3 is 0 Å². The molecule has 0 aliphatic rings. The molecule has 0 fully saturated rings. The van der Waals surface area contributed by atoms with Crippen LogP contribution in [0.4, 0.5) is 0 Å². The Labute approximate surface area is 140 Å². The van der Waals surface area contributed by atoms with Crippen LogP contribution in [0.3, 0.4) is 0 Å². The van der Waals surface area contributed by atoms with Crippen molar-refractivity contribution >= 4 is 27.3 Å². The normalized spacial score (nSPS) is 11.2. The van der Waals surface area contributed by atoms with Gasteiger partial charge in [-0.2, -0.15) is 0 Å². The Balaban J connectivity index is 1.94. The van der Waals surface area contributed by atoms with Crippen LogP contribution in [-0.2, 0) is 19.6 Å². The first-order valence-electron chi connectivity index (χ1n) is 7.38. The fourth-order valence-electron chi connectivity index (χ4n) is 2.37. The molecule has 2 nitrogen and oxygen atoms in total. The molecular weight excluding hydrogens is 344 g/mol. The van der Waals surface area contributed by atoms with E-state index in [1.54, 1.807) is 11.3 Å². The predicted molar refractivity (Wildman–Crippen MR) is 95.6 cm³/mol. The average Bonchev–Trinajstić information content (AvgIpc) is 2.86. The monoisotopic (exact) mass is 366 g/mol. The summed E-state index contributed by atoms with van der Waals surface area (Å²) in [5.41, 5.74) is 4.19. The number of hydrogen-bond donors (Lipinski definition) is 1. The van der Waals surface area contributed by atoms with Crippen molar-refractivity contribution in [2.75, 3.05) is 13.6 Å². The van der Waals surface area contributed by atoms with Gasteiger partial charge in [-0.05, 0) is 64.1 Å². The maximum atomic E-state index is 3.53. The van der Waals surface area contributed by atoms with Crippen LogP contribution >= 0.6 is 27.3 Å². The summed E-state index contributed by atoms with van der Waals surface area (Å²) in [5, 5.41) is 5.71. The van der Waals surface area contributed by atoms with E-state index < -0.39 is 0 Å². The Hall–Kier alpha value is -0.680. The molecule has 0 atom stereocenters. The minimum absolute atomic E-state index is 0.960. The van der Waals surface area contributed by atoms with Crippen LogP contribution in [0.25, 0.3) is 0 Å². The molecule has 0 unspecified atom stereocenters. The van der Waals surface area contributed by atoms with Crippen molar-refractivity contribution in [1.82, 2.24) is 10.2 Å². The van der Waals surface area contributed by atoms with E-state index >= 15 is 0 Å². The number of rotatable bonds is 8. The van der Waals surface area contributed by atoms with Crippen molar-refractivity contribution in [2.24, 2.45) is 0 Å². The highest BCUT2D eigenvalue weighted by atomic mass is 79.9. The molecule has 21 heavy (non-hydrogen) atoms. The first-order valence-corrected chi connectivity index (χ1v) is 9.05. The molecule has 0 amide bonds. The molecule has 0 bridgehead atoms. The summed E-state index contributed by atoms with van der Waals surface area (Å²) in [6.07, 6.45) is 1.18. The van der Waals surface area contributed by atoms with Gasteiger partial charge in [-0.3, -0.25) is 4.90 Å². The highest BCUT2D eigenvalue weighted by molar-refractivity contribution is 9.11. The molecule has 1 aromatic carbocycles. The predicted octanol–water partition coefficient (Wildman–Crippen LogP) is 4.64. The lowest BCUT2D eigenvalue weighted by Gasteiger charge is -2.18. The molecule has 0 spiro atoms. The summed E-state index contributed by atoms with van der Waals surface area (Å²) in [5.74, 6) is 0. The van der Waals surface area contributed by atoms with Gasteiger partial charge in [0.25, 0.3) is 0 Å². The van der Waals surface area contributed by atoms with E-state index in [4.69, 9.17) is 0 Å². The highest BCUT2D eigenvalue weighted by Gasteiger charge is 2.07. The van der Waals surface area contributed by atoms with Gasteiger partial charge in [-0.1, -0.05) is 31.2 Å². The van der Waals surface area contributed by atoms with Gasteiger partial charge in [-0.15, -0.1) is 11.3 Å². The molecule has 114 valence electrons. The molecule has 4 heteroatoms. The van der Waals surface area contributed by atoms with E-state index in [0.717, 1.165) is 26.2 Å². The summed E-state index contributed by atoms with van der Waals surface area (Å²) >= 11 is 5.28. The molecule has 1 heterocycles. The van der Waals surface area contributed by atoms with E-state index in [1.165, 1.54) is 26.9 Å². The van der Waals surface area contributed by atoms with Crippen LogP contribution in [-0.4, -0.2) is 18.5 Å². The fraction of sp³-hybridized carbons (Fsp3) is 0.412. The Morgan fingerprint density at radius 2 is 1.95 bits per heavy atom. The summed E-state index contributed by atoms with van der Waals surface area (Å²) in [4.78, 5) is 2.37. The lowest BCUT2D eigenvalue weighted by atomic mass is 10.1. The topological polar surface area (TPSA) is 15.3 Å². The van der Waals surface area contributed by atoms with Gasteiger partial charge in [0, 0.05) is 19.6 Å². The van der Waals surface area contributed by atoms with E-state index in [9.17, 15) is 0 Å². The van der Waals surface area contributed by atoms with E-state index in [-0.39, 0.29) is 0 Å². The molecule has 0 aliphatic carbocycles. The number of thiophene rings is 1. The molecule has 2 aromatic rings. The first-order chi connectivity index (χ1) is 10.2. The lowest BCUT2D eigenvalue weighted by Crippen LogP contribution is -2.20. The van der Waals surface area contributed by atoms with Crippen molar-refractivity contribution in [3.8, 4) is 0 Å². The maximum absolute atomic E-state index is 3.53. The standard InChI is InChI=1S/C17H23BrN2S/c1-3-8-19-10-15-6-4-5-7-16(15)12-20(2)11-14-9-17(18)21-13-14/h4-7,9,13,19H,3,8,10-12H2,1-2H3. The van der Waals surface area contributed by atoms with Gasteiger partial charge in [0.15, 0.2) is 0 Å². The average molecular weight is 367 g/mol. The second-order valence-corrected chi connectivity index (χ2v) is 7.67. The summed E-state index contributed by atoms with van der Waals surface area (Å²) < 4.78 is 1.20. The third-order valence-electron chi connectivity index (χ3n) is 3.38. The molecule has 0 saturated heterocycles. The smallest absolute Gasteiger partial charge is 0.0701 e. The Morgan fingerprint density at radius 1 is 1.19 bits per heavy atom. The zero-order valence-electron chi connectivity index (χ0n) is 12.7. The van der Waals surface area contributed by atoms with Crippen LogP contribution in [0, 0.1) is 0 Å². The highest BCUT2D eigenvalue weighted by Crippen LogP contribution is 2.22. The van der Waals surface area contributed by atoms with Gasteiger partial charge < -0.3 is 5.32 Å². The van der Waals surface area contributed by atoms with Crippen LogP contribution in [0.2, 0.25) is 0 Å². The minimum atomic E-state index is 0.960. The Kier molecular flexibility index (Phi) is 6.90. The largest absolute Gasteiger partial charge is 0.313 e. The zero-order chi connectivity index (χ0) is 15.1. The molecule has 0 saturated carbocycles. The van der Waals surface area contributed by atoms with Gasteiger partial charge in [0.2, 0.25) is 0 Å². The van der Waals surface area contributed by atoms with Crippen molar-refractivity contribution in [2.45, 2.75) is 33.0 Å². The molecule has 1 N–H and O–H groups in total. The molecule has 2 rings (SSSR count). The third-order valence-corrected chi connectivity index (χ3v) is 4.93.